The molecular formula is C81H153NO5. The molecule has 2 atom stereocenters. The molecule has 0 saturated heterocycles. The molecule has 0 aliphatic rings. The van der Waals surface area contributed by atoms with Crippen molar-refractivity contribution in [3.63, 3.8) is 0 Å². The maximum atomic E-state index is 12.5. The van der Waals surface area contributed by atoms with Crippen LogP contribution < -0.4 is 5.32 Å². The van der Waals surface area contributed by atoms with Crippen molar-refractivity contribution < 1.29 is 24.5 Å². The Balaban J connectivity index is 3.42. The van der Waals surface area contributed by atoms with E-state index < -0.39 is 12.1 Å². The summed E-state index contributed by atoms with van der Waals surface area (Å²) >= 11 is 0. The molecule has 0 heterocycles. The first-order valence-electron chi connectivity index (χ1n) is 39.4. The molecule has 0 fully saturated rings. The van der Waals surface area contributed by atoms with Gasteiger partial charge in [-0.15, -0.1) is 0 Å². The fourth-order valence-corrected chi connectivity index (χ4v) is 12.3. The van der Waals surface area contributed by atoms with E-state index in [9.17, 15) is 19.8 Å². The zero-order valence-corrected chi connectivity index (χ0v) is 58.8. The van der Waals surface area contributed by atoms with Crippen LogP contribution in [-0.2, 0) is 14.3 Å². The molecule has 6 heteroatoms. The normalized spacial score (nSPS) is 12.7. The Bertz CT molecular complexity index is 1450. The molecule has 2 unspecified atom stereocenters. The number of hydrogen-bond donors (Lipinski definition) is 3. The average molecular weight is 1220 g/mol. The molecule has 1 amide bonds. The second kappa shape index (κ2) is 76.3. The van der Waals surface area contributed by atoms with E-state index in [1.54, 1.807) is 6.08 Å². The molecule has 0 rings (SSSR count). The third-order valence-electron chi connectivity index (χ3n) is 18.3. The van der Waals surface area contributed by atoms with Gasteiger partial charge in [0, 0.05) is 12.8 Å². The third-order valence-corrected chi connectivity index (χ3v) is 18.3. The number of carbonyl (C=O) groups is 2. The lowest BCUT2D eigenvalue weighted by Crippen LogP contribution is -2.45. The van der Waals surface area contributed by atoms with Gasteiger partial charge < -0.3 is 20.3 Å². The first kappa shape index (κ1) is 84.8. The van der Waals surface area contributed by atoms with Crippen molar-refractivity contribution in [3.05, 3.63) is 48.6 Å². The molecule has 0 aromatic carbocycles. The van der Waals surface area contributed by atoms with Crippen molar-refractivity contribution in [1.82, 2.24) is 5.32 Å². The second-order valence-electron chi connectivity index (χ2n) is 27.0. The zero-order chi connectivity index (χ0) is 62.8. The van der Waals surface area contributed by atoms with Crippen LogP contribution in [0, 0.1) is 0 Å². The highest BCUT2D eigenvalue weighted by Crippen LogP contribution is 2.19. The van der Waals surface area contributed by atoms with Crippen LogP contribution in [0.5, 0.6) is 0 Å². The Labute approximate surface area is 544 Å². The quantitative estimate of drug-likeness (QED) is 0.0320. The predicted molar refractivity (Wildman–Crippen MR) is 384 cm³/mol. The number of ether oxygens (including phenoxy) is 1. The van der Waals surface area contributed by atoms with E-state index in [0.29, 0.717) is 19.4 Å². The minimum Gasteiger partial charge on any atom is -0.466 e. The number of aliphatic hydroxyl groups excluding tert-OH is 2. The molecule has 0 aromatic heterocycles. The molecule has 0 bridgehead atoms. The molecule has 0 spiro atoms. The summed E-state index contributed by atoms with van der Waals surface area (Å²) in [5.41, 5.74) is 0. The van der Waals surface area contributed by atoms with E-state index in [-0.39, 0.29) is 18.5 Å². The van der Waals surface area contributed by atoms with E-state index in [0.717, 1.165) is 51.4 Å². The number of rotatable bonds is 74. The highest BCUT2D eigenvalue weighted by Gasteiger charge is 2.18. The SMILES string of the molecule is CCCCCCCC/C=C\CCCCCCCCCCCC(=O)OCCCCCCCCCCC/C=C\C/C=C\CCCCCCCCCCCCCCCC(=O)NC(CO)C(O)/C=C/CCCCCCCCCCCCCCCCCCCCCC. The van der Waals surface area contributed by atoms with Gasteiger partial charge in [0.05, 0.1) is 25.4 Å². The maximum absolute atomic E-state index is 12.5. The van der Waals surface area contributed by atoms with Gasteiger partial charge in [-0.05, 0) is 89.9 Å². The van der Waals surface area contributed by atoms with Crippen LogP contribution in [0.25, 0.3) is 0 Å². The average Bonchev–Trinajstić information content (AvgIpc) is 3.52. The molecule has 0 radical (unpaired) electrons. The number of amides is 1. The number of esters is 1. The smallest absolute Gasteiger partial charge is 0.305 e. The van der Waals surface area contributed by atoms with E-state index in [4.69, 9.17) is 4.74 Å². The predicted octanol–water partition coefficient (Wildman–Crippen LogP) is 26.0. The van der Waals surface area contributed by atoms with Gasteiger partial charge in [0.25, 0.3) is 0 Å². The number of carbonyl (C=O) groups excluding carboxylic acids is 2. The van der Waals surface area contributed by atoms with Crippen LogP contribution in [0.2, 0.25) is 0 Å². The zero-order valence-electron chi connectivity index (χ0n) is 58.8. The summed E-state index contributed by atoms with van der Waals surface area (Å²) in [4.78, 5) is 24.7. The van der Waals surface area contributed by atoms with Gasteiger partial charge in [-0.1, -0.05) is 377 Å². The second-order valence-corrected chi connectivity index (χ2v) is 27.0. The van der Waals surface area contributed by atoms with Crippen molar-refractivity contribution in [3.8, 4) is 0 Å². The molecule has 0 saturated carbocycles. The fourth-order valence-electron chi connectivity index (χ4n) is 12.3. The van der Waals surface area contributed by atoms with Gasteiger partial charge >= 0.3 is 5.97 Å². The van der Waals surface area contributed by atoms with Crippen molar-refractivity contribution in [2.24, 2.45) is 0 Å². The topological polar surface area (TPSA) is 95.9 Å². The number of hydrogen-bond acceptors (Lipinski definition) is 5. The van der Waals surface area contributed by atoms with Gasteiger partial charge in [-0.2, -0.15) is 0 Å². The highest BCUT2D eigenvalue weighted by atomic mass is 16.5. The Kier molecular flexibility index (Phi) is 74.4. The molecule has 6 nitrogen and oxygen atoms in total. The van der Waals surface area contributed by atoms with Crippen LogP contribution in [0.4, 0.5) is 0 Å². The van der Waals surface area contributed by atoms with E-state index >= 15 is 0 Å². The van der Waals surface area contributed by atoms with Gasteiger partial charge in [-0.25, -0.2) is 0 Å². The van der Waals surface area contributed by atoms with Crippen molar-refractivity contribution in [1.29, 1.82) is 0 Å². The summed E-state index contributed by atoms with van der Waals surface area (Å²) in [5.74, 6) is -0.0531. The van der Waals surface area contributed by atoms with Gasteiger partial charge in [0.15, 0.2) is 0 Å². The lowest BCUT2D eigenvalue weighted by atomic mass is 10.0. The Morgan fingerprint density at radius 3 is 0.885 bits per heavy atom. The van der Waals surface area contributed by atoms with Crippen LogP contribution in [0.1, 0.15) is 431 Å². The molecule has 0 aromatic rings. The van der Waals surface area contributed by atoms with E-state index in [1.807, 2.05) is 6.08 Å². The summed E-state index contributed by atoms with van der Waals surface area (Å²) in [5, 5.41) is 23.3. The van der Waals surface area contributed by atoms with Gasteiger partial charge in [0.1, 0.15) is 0 Å². The molecule has 0 aliphatic heterocycles. The standard InChI is InChI=1S/C81H153NO5/c1-3-5-7-9-11-13-15-17-19-21-23-24-34-38-41-45-49-53-57-61-65-69-73-79(84)78(77-83)82-80(85)74-70-66-62-58-54-50-46-42-39-35-32-30-28-26-25-27-29-31-33-36-40-44-48-52-56-60-64-68-72-76-87-81(86)75-71-67-63-59-55-51-47-43-37-22-20-18-16-14-12-10-8-6-4-2/h18,20,25,27,31,33,69,73,78-79,83-84H,3-17,19,21-24,26,28-30,32,34-68,70-72,74-77H2,1-2H3,(H,82,85)/b20-18-,27-25-,33-31-,73-69+. The molecule has 0 aliphatic carbocycles. The van der Waals surface area contributed by atoms with Crippen LogP contribution in [-0.4, -0.2) is 47.4 Å². The summed E-state index contributed by atoms with van der Waals surface area (Å²) in [6.45, 7) is 4.94. The summed E-state index contributed by atoms with van der Waals surface area (Å²) in [6.07, 6.45) is 101. The molecule has 87 heavy (non-hydrogen) atoms. The van der Waals surface area contributed by atoms with Gasteiger partial charge in [0.2, 0.25) is 5.91 Å². The number of unbranched alkanes of at least 4 members (excludes halogenated alkanes) is 57. The highest BCUT2D eigenvalue weighted by molar-refractivity contribution is 5.76. The monoisotopic (exact) mass is 1220 g/mol. The van der Waals surface area contributed by atoms with Crippen molar-refractivity contribution in [2.75, 3.05) is 13.2 Å². The third kappa shape index (κ3) is 72.8. The van der Waals surface area contributed by atoms with Crippen molar-refractivity contribution >= 4 is 11.9 Å². The van der Waals surface area contributed by atoms with Crippen LogP contribution in [0.15, 0.2) is 48.6 Å². The number of aliphatic hydroxyl groups is 2. The summed E-state index contributed by atoms with van der Waals surface area (Å²) in [6, 6.07) is -0.631. The molecule has 3 N–H and O–H groups in total. The van der Waals surface area contributed by atoms with Crippen LogP contribution in [0.3, 0.4) is 0 Å². The van der Waals surface area contributed by atoms with Gasteiger partial charge in [-0.3, -0.25) is 9.59 Å². The van der Waals surface area contributed by atoms with E-state index in [1.165, 1.54) is 353 Å². The van der Waals surface area contributed by atoms with Crippen LogP contribution >= 0.6 is 0 Å². The Morgan fingerprint density at radius 2 is 0.575 bits per heavy atom. The minimum absolute atomic E-state index is 0.0119. The lowest BCUT2D eigenvalue weighted by molar-refractivity contribution is -0.143. The maximum Gasteiger partial charge on any atom is 0.305 e. The number of nitrogens with one attached hydrogen (secondary N) is 1. The lowest BCUT2D eigenvalue weighted by Gasteiger charge is -2.20. The molecule has 512 valence electrons. The molecular weight excluding hydrogens is 1070 g/mol. The Morgan fingerprint density at radius 1 is 0.322 bits per heavy atom. The fraction of sp³-hybridized carbons (Fsp3) is 0.877. The Hall–Kier alpha value is -2.18. The summed E-state index contributed by atoms with van der Waals surface area (Å²) < 4.78 is 5.51. The van der Waals surface area contributed by atoms with E-state index in [2.05, 4.69) is 55.6 Å². The summed E-state index contributed by atoms with van der Waals surface area (Å²) in [7, 11) is 0. The minimum atomic E-state index is -0.847. The van der Waals surface area contributed by atoms with Crippen molar-refractivity contribution in [2.45, 2.75) is 443 Å². The first-order chi connectivity index (χ1) is 43.0. The largest absolute Gasteiger partial charge is 0.466 e. The number of allylic oxidation sites excluding steroid dienone is 7. The first-order valence-corrected chi connectivity index (χ1v) is 39.4.